The van der Waals surface area contributed by atoms with Gasteiger partial charge in [0.2, 0.25) is 0 Å². The highest BCUT2D eigenvalue weighted by Gasteiger charge is 2.50. The summed E-state index contributed by atoms with van der Waals surface area (Å²) in [5.41, 5.74) is 0.904. The van der Waals surface area contributed by atoms with E-state index in [1.165, 1.54) is 6.20 Å². The molecule has 3 aromatic rings. The van der Waals surface area contributed by atoms with Crippen molar-refractivity contribution in [1.29, 1.82) is 0 Å². The molecular weight excluding hydrogens is 710 g/mol. The molecule has 12 nitrogen and oxygen atoms in total. The molecule has 2 atom stereocenters. The first kappa shape index (κ1) is 39.4. The van der Waals surface area contributed by atoms with Crippen molar-refractivity contribution in [3.63, 3.8) is 0 Å². The zero-order valence-corrected chi connectivity index (χ0v) is 34.5. The number of nitrogens with zero attached hydrogens (tertiary/aromatic N) is 3. The standard InChI is InChI=1S/C40H54FN5O7Si/c1-21-27(19-43-33-25-13-14-29(25)46(34(21)33)37(49)52-39(5,6)7)26-15-22-16-30(42-20-28(22)32(31(26)41)45-36(48)51-38(2,3)4)44-35(47)50-23-17-24(18-23)53-54(11,12)40(8,9)10/h15-16,19-20,23-25,29H,13-14,17-18H2,1-12H3,(H,45,48)(H,42,44,47). The monoisotopic (exact) mass is 763 g/mol. The third kappa shape index (κ3) is 7.91. The molecule has 2 unspecified atom stereocenters. The van der Waals surface area contributed by atoms with E-state index in [4.69, 9.17) is 23.6 Å². The van der Waals surface area contributed by atoms with Crippen LogP contribution in [0.25, 0.3) is 21.9 Å². The lowest BCUT2D eigenvalue weighted by molar-refractivity contribution is -0.0243. The average molecular weight is 764 g/mol. The van der Waals surface area contributed by atoms with Crippen LogP contribution in [0.5, 0.6) is 0 Å². The van der Waals surface area contributed by atoms with Gasteiger partial charge in [0.15, 0.2) is 14.1 Å². The van der Waals surface area contributed by atoms with Crippen molar-refractivity contribution in [1.82, 2.24) is 9.97 Å². The fraction of sp³-hybridized carbons (Fsp3) is 0.575. The summed E-state index contributed by atoms with van der Waals surface area (Å²) in [4.78, 5) is 50.4. The number of nitrogens with one attached hydrogen (secondary N) is 2. The summed E-state index contributed by atoms with van der Waals surface area (Å²) >= 11 is 0. The molecule has 1 aromatic carbocycles. The number of pyridine rings is 2. The molecule has 3 amide bonds. The first-order valence-corrected chi connectivity index (χ1v) is 21.6. The number of hydrogen-bond donors (Lipinski definition) is 2. The second kappa shape index (κ2) is 13.8. The van der Waals surface area contributed by atoms with Gasteiger partial charge in [0.1, 0.15) is 23.1 Å². The van der Waals surface area contributed by atoms with Crippen molar-refractivity contribution in [2.75, 3.05) is 15.5 Å². The van der Waals surface area contributed by atoms with Gasteiger partial charge in [0.25, 0.3) is 0 Å². The van der Waals surface area contributed by atoms with Crippen molar-refractivity contribution in [3.8, 4) is 11.1 Å². The molecule has 292 valence electrons. The van der Waals surface area contributed by atoms with Crippen LogP contribution in [0.2, 0.25) is 18.1 Å². The molecule has 6 rings (SSSR count). The van der Waals surface area contributed by atoms with Gasteiger partial charge in [-0.1, -0.05) is 20.8 Å². The number of carbonyl (C=O) groups is 3. The Morgan fingerprint density at radius 1 is 0.852 bits per heavy atom. The second-order valence-corrected chi connectivity index (χ2v) is 23.0. The highest BCUT2D eigenvalue weighted by atomic mass is 28.4. The van der Waals surface area contributed by atoms with E-state index in [0.29, 0.717) is 35.0 Å². The molecule has 2 fully saturated rings. The number of halogens is 1. The van der Waals surface area contributed by atoms with E-state index in [1.807, 2.05) is 27.7 Å². The van der Waals surface area contributed by atoms with Gasteiger partial charge >= 0.3 is 18.3 Å². The molecule has 0 radical (unpaired) electrons. The third-order valence-electron chi connectivity index (χ3n) is 10.8. The summed E-state index contributed by atoms with van der Waals surface area (Å²) in [6.45, 7) is 23.4. The van der Waals surface area contributed by atoms with Crippen LogP contribution in [-0.2, 0) is 18.6 Å². The van der Waals surface area contributed by atoms with Gasteiger partial charge in [-0.25, -0.2) is 23.8 Å². The summed E-state index contributed by atoms with van der Waals surface area (Å²) in [7, 11) is -1.94. The molecule has 3 heterocycles. The van der Waals surface area contributed by atoms with Crippen LogP contribution in [0.3, 0.4) is 0 Å². The van der Waals surface area contributed by atoms with Crippen molar-refractivity contribution in [2.24, 2.45) is 0 Å². The third-order valence-corrected chi connectivity index (χ3v) is 15.3. The largest absolute Gasteiger partial charge is 0.446 e. The van der Waals surface area contributed by atoms with Gasteiger partial charge in [-0.15, -0.1) is 0 Å². The van der Waals surface area contributed by atoms with E-state index < -0.39 is 43.6 Å². The minimum Gasteiger partial charge on any atom is -0.446 e. The van der Waals surface area contributed by atoms with Crippen LogP contribution in [0.4, 0.5) is 36.0 Å². The highest BCUT2D eigenvalue weighted by molar-refractivity contribution is 6.74. The summed E-state index contributed by atoms with van der Waals surface area (Å²) in [6, 6.07) is 3.13. The van der Waals surface area contributed by atoms with Crippen molar-refractivity contribution in [3.05, 3.63) is 41.6 Å². The molecule has 54 heavy (non-hydrogen) atoms. The van der Waals surface area contributed by atoms with E-state index in [-0.39, 0.29) is 51.7 Å². The Morgan fingerprint density at radius 2 is 1.52 bits per heavy atom. The van der Waals surface area contributed by atoms with Crippen LogP contribution in [0, 0.1) is 12.7 Å². The number of ether oxygens (including phenoxy) is 3. The number of hydrogen-bond acceptors (Lipinski definition) is 9. The topological polar surface area (TPSA) is 141 Å². The lowest BCUT2D eigenvalue weighted by Crippen LogP contribution is -2.49. The lowest BCUT2D eigenvalue weighted by Gasteiger charge is -2.44. The van der Waals surface area contributed by atoms with Crippen molar-refractivity contribution in [2.45, 2.75) is 148 Å². The summed E-state index contributed by atoms with van der Waals surface area (Å²) in [5.74, 6) is -0.483. The molecule has 0 bridgehead atoms. The maximum absolute atomic E-state index is 16.8. The van der Waals surface area contributed by atoms with Crippen LogP contribution in [-0.4, -0.2) is 66.0 Å². The number of benzene rings is 1. The predicted octanol–water partition coefficient (Wildman–Crippen LogP) is 10.2. The highest BCUT2D eigenvalue weighted by Crippen LogP contribution is 2.54. The SMILES string of the molecule is Cc1c(-c2cc3cc(NC(=O)OC4CC(O[Si](C)(C)C(C)(C)C)C4)ncc3c(NC(=O)OC(C)(C)C)c2F)cnc2c1N(C(=O)OC(C)(C)C)C1CCC21. The van der Waals surface area contributed by atoms with Gasteiger partial charge in [-0.3, -0.25) is 20.5 Å². The average Bonchev–Trinajstić information content (AvgIpc) is 3.21. The van der Waals surface area contributed by atoms with E-state index in [9.17, 15) is 14.4 Å². The van der Waals surface area contributed by atoms with E-state index >= 15 is 4.39 Å². The Kier molecular flexibility index (Phi) is 10.0. The van der Waals surface area contributed by atoms with Gasteiger partial charge in [0, 0.05) is 53.7 Å². The number of aromatic nitrogens is 2. The van der Waals surface area contributed by atoms with Crippen LogP contribution in [0.1, 0.15) is 105 Å². The number of carbonyl (C=O) groups excluding carboxylic acids is 3. The van der Waals surface area contributed by atoms with Crippen molar-refractivity contribution < 1.29 is 37.4 Å². The quantitative estimate of drug-likeness (QED) is 0.185. The van der Waals surface area contributed by atoms with Crippen LogP contribution >= 0.6 is 0 Å². The first-order valence-electron chi connectivity index (χ1n) is 18.7. The van der Waals surface area contributed by atoms with Crippen LogP contribution in [0.15, 0.2) is 24.5 Å². The molecule has 2 saturated carbocycles. The van der Waals surface area contributed by atoms with E-state index in [0.717, 1.165) is 18.5 Å². The van der Waals surface area contributed by atoms with Crippen molar-refractivity contribution >= 4 is 54.6 Å². The summed E-state index contributed by atoms with van der Waals surface area (Å²) in [5, 5.41) is 6.14. The molecule has 2 N–H and O–H groups in total. The maximum Gasteiger partial charge on any atom is 0.415 e. The van der Waals surface area contributed by atoms with Gasteiger partial charge in [-0.05, 0) is 103 Å². The minimum absolute atomic E-state index is 0.0511. The normalized spacial score (nSPS) is 21.0. The Hall–Kier alpha value is -4.30. The number of amides is 3. The van der Waals surface area contributed by atoms with E-state index in [1.54, 1.807) is 44.0 Å². The zero-order chi connectivity index (χ0) is 39.7. The van der Waals surface area contributed by atoms with Gasteiger partial charge in [-0.2, -0.15) is 0 Å². The lowest BCUT2D eigenvalue weighted by atomic mass is 9.79. The Morgan fingerprint density at radius 3 is 2.11 bits per heavy atom. The molecule has 2 aliphatic carbocycles. The first-order chi connectivity index (χ1) is 24.9. The molecular formula is C40H54FN5O7Si. The minimum atomic E-state index is -1.94. The molecule has 2 aromatic heterocycles. The molecule has 0 saturated heterocycles. The molecule has 14 heteroatoms. The molecule has 1 aliphatic heterocycles. The molecule has 0 spiro atoms. The number of fused-ring (bicyclic) bond motifs is 4. The van der Waals surface area contributed by atoms with Crippen LogP contribution < -0.4 is 15.5 Å². The Balaban J connectivity index is 1.31. The van der Waals surface area contributed by atoms with Gasteiger partial charge < -0.3 is 18.6 Å². The fourth-order valence-corrected chi connectivity index (χ4v) is 8.30. The fourth-order valence-electron chi connectivity index (χ4n) is 6.92. The number of rotatable bonds is 6. The Labute approximate surface area is 318 Å². The number of anilines is 3. The molecule has 3 aliphatic rings. The smallest absolute Gasteiger partial charge is 0.415 e. The summed E-state index contributed by atoms with van der Waals surface area (Å²) in [6.07, 6.45) is 3.71. The van der Waals surface area contributed by atoms with Gasteiger partial charge in [0.05, 0.1) is 23.2 Å². The predicted molar refractivity (Wildman–Crippen MR) is 209 cm³/mol. The summed E-state index contributed by atoms with van der Waals surface area (Å²) < 4.78 is 40.2. The maximum atomic E-state index is 16.8. The zero-order valence-electron chi connectivity index (χ0n) is 33.5. The second-order valence-electron chi connectivity index (χ2n) is 18.3. The Bertz CT molecular complexity index is 2000. The van der Waals surface area contributed by atoms with E-state index in [2.05, 4.69) is 49.5 Å².